The quantitative estimate of drug-likeness (QED) is 0.743. The summed E-state index contributed by atoms with van der Waals surface area (Å²) in [6.07, 6.45) is 5.94. The first-order valence-corrected chi connectivity index (χ1v) is 9.60. The normalized spacial score (nSPS) is 16.1. The number of benzene rings is 1. The molecule has 1 aromatic carbocycles. The van der Waals surface area contributed by atoms with Gasteiger partial charge in [0.2, 0.25) is 0 Å². The second-order valence-corrected chi connectivity index (χ2v) is 7.46. The molecule has 0 fully saturated rings. The van der Waals surface area contributed by atoms with Gasteiger partial charge in [0.05, 0.1) is 23.0 Å². The number of carboxylic acids is 1. The fraction of sp³-hybridized carbons (Fsp3) is 0.318. The number of fused-ring (bicyclic) bond motifs is 2. The summed E-state index contributed by atoms with van der Waals surface area (Å²) in [7, 11) is 0. The molecule has 2 aromatic heterocycles. The Morgan fingerprint density at radius 2 is 2.07 bits per heavy atom. The van der Waals surface area contributed by atoms with Crippen LogP contribution in [-0.4, -0.2) is 43.8 Å². The molecule has 0 unspecified atom stereocenters. The summed E-state index contributed by atoms with van der Waals surface area (Å²) >= 11 is 0. The maximum absolute atomic E-state index is 12.1. The predicted octanol–water partition coefficient (Wildman–Crippen LogP) is 4.09. The highest BCUT2D eigenvalue weighted by atomic mass is 16.4. The maximum atomic E-state index is 12.1. The molecule has 4 rings (SSSR count). The topological polar surface area (TPSA) is 71.2 Å². The molecule has 0 aliphatic carbocycles. The molecule has 0 amide bonds. The number of nitrogens with zero attached hydrogens (tertiary/aromatic N) is 4. The van der Waals surface area contributed by atoms with Crippen LogP contribution in [0.2, 0.25) is 0 Å². The van der Waals surface area contributed by atoms with Crippen LogP contribution < -0.4 is 0 Å². The first kappa shape index (κ1) is 18.4. The number of carbonyl (C=O) groups is 1. The first-order valence-electron chi connectivity index (χ1n) is 9.60. The summed E-state index contributed by atoms with van der Waals surface area (Å²) in [4.78, 5) is 19.2. The Labute approximate surface area is 164 Å². The molecule has 3 heterocycles. The van der Waals surface area contributed by atoms with Crippen molar-refractivity contribution in [2.45, 2.75) is 33.4 Å². The predicted molar refractivity (Wildman–Crippen MR) is 110 cm³/mol. The Morgan fingerprint density at radius 3 is 2.75 bits per heavy atom. The van der Waals surface area contributed by atoms with Gasteiger partial charge in [0.1, 0.15) is 0 Å². The molecule has 0 bridgehead atoms. The zero-order valence-corrected chi connectivity index (χ0v) is 16.4. The molecular weight excluding hydrogens is 352 g/mol. The minimum absolute atomic E-state index is 0.290. The summed E-state index contributed by atoms with van der Waals surface area (Å²) in [5.74, 6) is -0.903. The van der Waals surface area contributed by atoms with E-state index >= 15 is 0 Å². The highest BCUT2D eigenvalue weighted by molar-refractivity contribution is 6.05. The van der Waals surface area contributed by atoms with E-state index in [1.807, 2.05) is 41.3 Å². The Morgan fingerprint density at radius 1 is 1.29 bits per heavy atom. The number of para-hydroxylation sites is 1. The van der Waals surface area contributed by atoms with Crippen LogP contribution in [0, 0.1) is 0 Å². The zero-order chi connectivity index (χ0) is 19.8. The van der Waals surface area contributed by atoms with E-state index in [0.717, 1.165) is 35.5 Å². The van der Waals surface area contributed by atoms with Crippen molar-refractivity contribution in [3.8, 4) is 0 Å². The fourth-order valence-electron chi connectivity index (χ4n) is 3.76. The van der Waals surface area contributed by atoms with Gasteiger partial charge in [-0.25, -0.2) is 9.78 Å². The molecule has 1 aliphatic rings. The second-order valence-electron chi connectivity index (χ2n) is 7.46. The molecule has 0 radical (unpaired) electrons. The summed E-state index contributed by atoms with van der Waals surface area (Å²) in [5.41, 5.74) is 4.69. The standard InChI is InChI=1S/C22H24N4O2/c1-4-25-12-16(9-15-10-23-26(11-15)14(2)3)21-18(13-25)20(22(27)28)17-7-5-6-8-19(17)24-21/h5-11,14H,4,12-13H2,1-3H3,(H,27,28). The van der Waals surface area contributed by atoms with Crippen LogP contribution in [0.1, 0.15) is 54.0 Å². The largest absolute Gasteiger partial charge is 0.478 e. The second kappa shape index (κ2) is 7.20. The van der Waals surface area contributed by atoms with Crippen molar-refractivity contribution in [3.63, 3.8) is 0 Å². The third-order valence-electron chi connectivity index (χ3n) is 5.23. The number of hydrogen-bond acceptors (Lipinski definition) is 4. The molecule has 0 saturated carbocycles. The van der Waals surface area contributed by atoms with Crippen molar-refractivity contribution >= 4 is 28.5 Å². The van der Waals surface area contributed by atoms with Gasteiger partial charge in [-0.2, -0.15) is 5.10 Å². The number of aromatic carboxylic acids is 1. The lowest BCUT2D eigenvalue weighted by molar-refractivity contribution is 0.0696. The van der Waals surface area contributed by atoms with E-state index in [9.17, 15) is 9.90 Å². The van der Waals surface area contributed by atoms with E-state index in [1.54, 1.807) is 0 Å². The number of carboxylic acid groups (broad SMARTS) is 1. The molecule has 0 atom stereocenters. The molecule has 28 heavy (non-hydrogen) atoms. The summed E-state index contributed by atoms with van der Waals surface area (Å²) in [5, 5.41) is 15.1. The highest BCUT2D eigenvalue weighted by Crippen LogP contribution is 2.34. The van der Waals surface area contributed by atoms with Crippen molar-refractivity contribution in [1.29, 1.82) is 0 Å². The van der Waals surface area contributed by atoms with Crippen LogP contribution in [0.5, 0.6) is 0 Å². The van der Waals surface area contributed by atoms with Crippen LogP contribution in [0.4, 0.5) is 0 Å². The average Bonchev–Trinajstić information content (AvgIpc) is 3.14. The number of aromatic nitrogens is 3. The molecule has 144 valence electrons. The number of pyridine rings is 1. The third-order valence-corrected chi connectivity index (χ3v) is 5.23. The molecule has 6 heteroatoms. The van der Waals surface area contributed by atoms with Gasteiger partial charge in [-0.3, -0.25) is 9.58 Å². The summed E-state index contributed by atoms with van der Waals surface area (Å²) < 4.78 is 1.92. The van der Waals surface area contributed by atoms with Crippen LogP contribution in [0.25, 0.3) is 22.6 Å². The van der Waals surface area contributed by atoms with Gasteiger partial charge in [0.25, 0.3) is 0 Å². The van der Waals surface area contributed by atoms with Gasteiger partial charge >= 0.3 is 5.97 Å². The van der Waals surface area contributed by atoms with Crippen LogP contribution in [0.3, 0.4) is 0 Å². The molecule has 3 aromatic rings. The van der Waals surface area contributed by atoms with Crippen LogP contribution >= 0.6 is 0 Å². The van der Waals surface area contributed by atoms with Crippen molar-refractivity contribution in [2.24, 2.45) is 0 Å². The van der Waals surface area contributed by atoms with Crippen molar-refractivity contribution in [1.82, 2.24) is 19.7 Å². The van der Waals surface area contributed by atoms with E-state index in [1.165, 1.54) is 0 Å². The first-order chi connectivity index (χ1) is 13.5. The van der Waals surface area contributed by atoms with Crippen molar-refractivity contribution in [3.05, 3.63) is 59.0 Å². The third kappa shape index (κ3) is 3.20. The monoisotopic (exact) mass is 376 g/mol. The van der Waals surface area contributed by atoms with Gasteiger partial charge in [-0.15, -0.1) is 0 Å². The lowest BCUT2D eigenvalue weighted by Crippen LogP contribution is -2.31. The number of likely N-dealkylation sites (N-methyl/N-ethyl adjacent to an activating group) is 1. The minimum Gasteiger partial charge on any atom is -0.478 e. The van der Waals surface area contributed by atoms with E-state index in [-0.39, 0.29) is 0 Å². The highest BCUT2D eigenvalue weighted by Gasteiger charge is 2.27. The van der Waals surface area contributed by atoms with Gasteiger partial charge in [-0.1, -0.05) is 25.1 Å². The van der Waals surface area contributed by atoms with Gasteiger partial charge < -0.3 is 5.11 Å². The Bertz CT molecular complexity index is 1080. The molecule has 0 saturated heterocycles. The van der Waals surface area contributed by atoms with Crippen molar-refractivity contribution in [2.75, 3.05) is 13.1 Å². The van der Waals surface area contributed by atoms with E-state index in [4.69, 9.17) is 4.98 Å². The molecule has 0 spiro atoms. The smallest absolute Gasteiger partial charge is 0.336 e. The zero-order valence-electron chi connectivity index (χ0n) is 16.4. The molecule has 6 nitrogen and oxygen atoms in total. The Balaban J connectivity index is 1.93. The van der Waals surface area contributed by atoms with E-state index < -0.39 is 5.97 Å². The van der Waals surface area contributed by atoms with Crippen molar-refractivity contribution < 1.29 is 9.90 Å². The SMILES string of the molecule is CCN1CC(=Cc2cnn(C(C)C)c2)c2nc3ccccc3c(C(=O)O)c2C1. The molecular formula is C22H24N4O2. The van der Waals surface area contributed by atoms with Gasteiger partial charge in [-0.05, 0) is 38.1 Å². The van der Waals surface area contributed by atoms with Gasteiger partial charge in [0.15, 0.2) is 0 Å². The Hall–Kier alpha value is -2.99. The Kier molecular flexibility index (Phi) is 4.73. The summed E-state index contributed by atoms with van der Waals surface area (Å²) in [6.45, 7) is 8.44. The van der Waals surface area contributed by atoms with E-state index in [2.05, 4.69) is 36.8 Å². The van der Waals surface area contributed by atoms with Gasteiger partial charge in [0, 0.05) is 41.8 Å². The van der Waals surface area contributed by atoms with Crippen LogP contribution in [0.15, 0.2) is 36.7 Å². The van der Waals surface area contributed by atoms with Crippen LogP contribution in [-0.2, 0) is 6.54 Å². The number of rotatable bonds is 4. The molecule has 1 aliphatic heterocycles. The maximum Gasteiger partial charge on any atom is 0.336 e. The average molecular weight is 376 g/mol. The number of hydrogen-bond donors (Lipinski definition) is 1. The lowest BCUT2D eigenvalue weighted by atomic mass is 9.92. The fourth-order valence-corrected chi connectivity index (χ4v) is 3.76. The molecule has 1 N–H and O–H groups in total. The summed E-state index contributed by atoms with van der Waals surface area (Å²) in [6, 6.07) is 7.76. The van der Waals surface area contributed by atoms with E-state index in [0.29, 0.717) is 29.1 Å². The lowest BCUT2D eigenvalue weighted by Gasteiger charge is -2.30. The minimum atomic E-state index is -0.903.